The van der Waals surface area contributed by atoms with E-state index in [9.17, 15) is 8.78 Å². The highest BCUT2D eigenvalue weighted by atomic mass is 19.3. The maximum atomic E-state index is 11.9. The third-order valence-electron chi connectivity index (χ3n) is 1.81. The zero-order valence-electron chi connectivity index (χ0n) is 9.10. The number of benzene rings is 1. The first-order valence-electron chi connectivity index (χ1n) is 4.67. The van der Waals surface area contributed by atoms with Crippen LogP contribution in [-0.4, -0.2) is 18.3 Å². The van der Waals surface area contributed by atoms with Crippen molar-refractivity contribution in [2.75, 3.05) is 0 Å². The van der Waals surface area contributed by atoms with Gasteiger partial charge in [0.05, 0.1) is 5.71 Å². The van der Waals surface area contributed by atoms with Gasteiger partial charge in [0.25, 0.3) is 0 Å². The van der Waals surface area contributed by atoms with Crippen LogP contribution in [0.2, 0.25) is 0 Å². The lowest BCUT2D eigenvalue weighted by Crippen LogP contribution is -2.22. The molecule has 4 N–H and O–H groups in total. The molecule has 0 saturated heterocycles. The lowest BCUT2D eigenvalue weighted by atomic mass is 10.1. The van der Waals surface area contributed by atoms with Crippen molar-refractivity contribution in [3.8, 4) is 5.75 Å². The predicted molar refractivity (Wildman–Crippen MR) is 61.1 cm³/mol. The molecular formula is C10H12F2N4O. The molecule has 0 heterocycles. The molecule has 5 nitrogen and oxygen atoms in total. The van der Waals surface area contributed by atoms with Gasteiger partial charge in [-0.2, -0.15) is 13.9 Å². The maximum absolute atomic E-state index is 11.9. The van der Waals surface area contributed by atoms with Crippen molar-refractivity contribution >= 4 is 11.7 Å². The average Bonchev–Trinajstić information content (AvgIpc) is 2.26. The fourth-order valence-corrected chi connectivity index (χ4v) is 1.07. The number of guanidine groups is 1. The summed E-state index contributed by atoms with van der Waals surface area (Å²) in [6.07, 6.45) is 0. The van der Waals surface area contributed by atoms with Crippen molar-refractivity contribution < 1.29 is 13.5 Å². The van der Waals surface area contributed by atoms with E-state index in [0.29, 0.717) is 11.3 Å². The van der Waals surface area contributed by atoms with E-state index in [1.54, 1.807) is 19.1 Å². The second-order valence-corrected chi connectivity index (χ2v) is 3.11. The minimum Gasteiger partial charge on any atom is -0.435 e. The summed E-state index contributed by atoms with van der Waals surface area (Å²) in [7, 11) is 0. The van der Waals surface area contributed by atoms with Crippen LogP contribution in [0.4, 0.5) is 8.78 Å². The molecule has 0 spiro atoms. The van der Waals surface area contributed by atoms with Crippen LogP contribution in [-0.2, 0) is 0 Å². The number of halogens is 2. The first-order valence-corrected chi connectivity index (χ1v) is 4.67. The Labute approximate surface area is 96.8 Å². The van der Waals surface area contributed by atoms with E-state index in [-0.39, 0.29) is 11.7 Å². The van der Waals surface area contributed by atoms with Gasteiger partial charge in [0.1, 0.15) is 5.75 Å². The Morgan fingerprint density at radius 1 is 1.18 bits per heavy atom. The van der Waals surface area contributed by atoms with Crippen LogP contribution in [0.15, 0.2) is 34.5 Å². The number of ether oxygens (including phenoxy) is 1. The van der Waals surface area contributed by atoms with Crippen LogP contribution in [0.3, 0.4) is 0 Å². The predicted octanol–water partition coefficient (Wildman–Crippen LogP) is 1.29. The van der Waals surface area contributed by atoms with Crippen molar-refractivity contribution in [2.45, 2.75) is 13.5 Å². The molecule has 0 aliphatic carbocycles. The molecule has 0 radical (unpaired) electrons. The molecule has 7 heteroatoms. The van der Waals surface area contributed by atoms with E-state index in [1.165, 1.54) is 12.1 Å². The average molecular weight is 242 g/mol. The van der Waals surface area contributed by atoms with E-state index >= 15 is 0 Å². The van der Waals surface area contributed by atoms with Gasteiger partial charge < -0.3 is 16.2 Å². The van der Waals surface area contributed by atoms with Crippen molar-refractivity contribution in [3.05, 3.63) is 29.8 Å². The van der Waals surface area contributed by atoms with Gasteiger partial charge in [-0.05, 0) is 36.8 Å². The van der Waals surface area contributed by atoms with E-state index in [4.69, 9.17) is 11.5 Å². The second kappa shape index (κ2) is 5.78. The summed E-state index contributed by atoms with van der Waals surface area (Å²) >= 11 is 0. The van der Waals surface area contributed by atoms with Crippen LogP contribution in [0.25, 0.3) is 0 Å². The highest BCUT2D eigenvalue weighted by molar-refractivity contribution is 5.99. The Morgan fingerprint density at radius 2 is 1.76 bits per heavy atom. The smallest absolute Gasteiger partial charge is 0.387 e. The molecule has 0 fully saturated rings. The topological polar surface area (TPSA) is 86.0 Å². The quantitative estimate of drug-likeness (QED) is 0.474. The molecule has 0 aliphatic rings. The number of rotatable bonds is 4. The van der Waals surface area contributed by atoms with Gasteiger partial charge in [0.2, 0.25) is 5.96 Å². The molecule has 0 atom stereocenters. The minimum absolute atomic E-state index is 0.0818. The Bertz CT molecular complexity index is 424. The van der Waals surface area contributed by atoms with Gasteiger partial charge in [-0.3, -0.25) is 0 Å². The zero-order chi connectivity index (χ0) is 12.8. The van der Waals surface area contributed by atoms with Crippen LogP contribution in [0, 0.1) is 0 Å². The maximum Gasteiger partial charge on any atom is 0.387 e. The summed E-state index contributed by atoms with van der Waals surface area (Å²) in [5, 5.41) is 7.23. The molecule has 92 valence electrons. The molecule has 1 rings (SSSR count). The molecule has 1 aromatic carbocycles. The third kappa shape index (κ3) is 4.45. The molecule has 0 bridgehead atoms. The third-order valence-corrected chi connectivity index (χ3v) is 1.81. The molecule has 0 unspecified atom stereocenters. The van der Waals surface area contributed by atoms with Gasteiger partial charge in [-0.1, -0.05) is 0 Å². The van der Waals surface area contributed by atoms with Gasteiger partial charge in [0, 0.05) is 0 Å². The molecule has 0 amide bonds. The van der Waals surface area contributed by atoms with E-state index in [2.05, 4.69) is 14.9 Å². The molecule has 0 aliphatic heterocycles. The van der Waals surface area contributed by atoms with Crippen LogP contribution < -0.4 is 16.2 Å². The molecule has 0 aromatic heterocycles. The number of hydrogen-bond donors (Lipinski definition) is 2. The Balaban J connectivity index is 2.80. The fraction of sp³-hybridized carbons (Fsp3) is 0.200. The highest BCUT2D eigenvalue weighted by Gasteiger charge is 2.04. The van der Waals surface area contributed by atoms with Gasteiger partial charge in [-0.25, -0.2) is 0 Å². The summed E-state index contributed by atoms with van der Waals surface area (Å²) < 4.78 is 28.0. The SMILES string of the molecule is C/C(=N/N=C(N)N)c1ccc(OC(F)F)cc1. The Morgan fingerprint density at radius 3 is 2.24 bits per heavy atom. The summed E-state index contributed by atoms with van der Waals surface area (Å²) in [6, 6.07) is 5.99. The van der Waals surface area contributed by atoms with Crippen LogP contribution in [0.1, 0.15) is 12.5 Å². The first-order chi connectivity index (χ1) is 7.99. The van der Waals surface area contributed by atoms with E-state index in [0.717, 1.165) is 0 Å². The fourth-order valence-electron chi connectivity index (χ4n) is 1.07. The van der Waals surface area contributed by atoms with Crippen LogP contribution in [0.5, 0.6) is 5.75 Å². The van der Waals surface area contributed by atoms with Crippen molar-refractivity contribution in [1.82, 2.24) is 0 Å². The normalized spacial score (nSPS) is 11.4. The summed E-state index contributed by atoms with van der Waals surface area (Å²) in [6.45, 7) is -1.15. The first kappa shape index (κ1) is 12.9. The zero-order valence-corrected chi connectivity index (χ0v) is 9.10. The number of nitrogens with zero attached hydrogens (tertiary/aromatic N) is 2. The number of nitrogens with two attached hydrogens (primary N) is 2. The van der Waals surface area contributed by atoms with Crippen molar-refractivity contribution in [3.63, 3.8) is 0 Å². The Kier molecular flexibility index (Phi) is 4.38. The van der Waals surface area contributed by atoms with Gasteiger partial charge >= 0.3 is 6.61 Å². The van der Waals surface area contributed by atoms with Crippen molar-refractivity contribution in [2.24, 2.45) is 21.7 Å². The summed E-state index contributed by atoms with van der Waals surface area (Å²) in [5.41, 5.74) is 11.5. The minimum atomic E-state index is -2.84. The largest absolute Gasteiger partial charge is 0.435 e. The number of alkyl halides is 2. The Hall–Kier alpha value is -2.18. The van der Waals surface area contributed by atoms with Gasteiger partial charge in [-0.15, -0.1) is 5.10 Å². The highest BCUT2D eigenvalue weighted by Crippen LogP contribution is 2.15. The van der Waals surface area contributed by atoms with E-state index in [1.807, 2.05) is 0 Å². The lowest BCUT2D eigenvalue weighted by Gasteiger charge is -2.04. The monoisotopic (exact) mass is 242 g/mol. The standard InChI is InChI=1S/C10H12F2N4O/c1-6(15-16-10(13)14)7-2-4-8(5-3-7)17-9(11)12/h2-5,9H,1H3,(H4,13,14,16)/b15-6-. The number of hydrogen-bond acceptors (Lipinski definition) is 3. The van der Waals surface area contributed by atoms with Crippen molar-refractivity contribution in [1.29, 1.82) is 0 Å². The van der Waals surface area contributed by atoms with Gasteiger partial charge in [0.15, 0.2) is 0 Å². The lowest BCUT2D eigenvalue weighted by molar-refractivity contribution is -0.0498. The molecule has 1 aromatic rings. The van der Waals surface area contributed by atoms with Crippen LogP contribution >= 0.6 is 0 Å². The molecule has 0 saturated carbocycles. The molecule has 17 heavy (non-hydrogen) atoms. The summed E-state index contributed by atoms with van der Waals surface area (Å²) in [4.78, 5) is 0. The summed E-state index contributed by atoms with van der Waals surface area (Å²) in [5.74, 6) is -0.0691. The van der Waals surface area contributed by atoms with E-state index < -0.39 is 6.61 Å². The second-order valence-electron chi connectivity index (χ2n) is 3.11. The molecular weight excluding hydrogens is 230 g/mol.